The van der Waals surface area contributed by atoms with Crippen molar-refractivity contribution in [1.29, 1.82) is 0 Å². The number of hydrogen-bond donors (Lipinski definition) is 2. The zero-order valence-electron chi connectivity index (χ0n) is 45.9. The Bertz CT molecular complexity index is 3520. The highest BCUT2D eigenvalue weighted by Crippen LogP contribution is 2.25. The molecule has 0 aromatic heterocycles. The first-order valence-electron chi connectivity index (χ1n) is 25.2. The number of non-ortho nitro benzene ring substituents is 2. The summed E-state index contributed by atoms with van der Waals surface area (Å²) in [5.41, 5.74) is 5.82. The van der Waals surface area contributed by atoms with Crippen LogP contribution in [0, 0.1) is 20.2 Å². The van der Waals surface area contributed by atoms with Crippen LogP contribution in [0.5, 0.6) is 0 Å². The van der Waals surface area contributed by atoms with Crippen LogP contribution in [0.4, 0.5) is 45.5 Å². The zero-order chi connectivity index (χ0) is 60.8. The molecule has 0 aliphatic carbocycles. The molecule has 84 heavy (non-hydrogen) atoms. The van der Waals surface area contributed by atoms with E-state index in [9.17, 15) is 58.6 Å². The summed E-state index contributed by atoms with van der Waals surface area (Å²) in [5, 5.41) is 27.2. The van der Waals surface area contributed by atoms with Crippen LogP contribution in [0.25, 0.3) is 0 Å². The standard InChI is InChI=1S/2C31H26N4O7/c2*1-33(30(38)22-8-18-27(19-9-22)35(40)41)25-14-6-20(7-15-25)28(36)32-24-12-4-21(5-13-24)29(37)34(2)26-16-10-23(11-17-26)31(39)42-3/h2*4-19H,1-3H3,(H,32,36). The van der Waals surface area contributed by atoms with Crippen molar-refractivity contribution in [2.45, 2.75) is 0 Å². The molecule has 0 unspecified atom stereocenters. The van der Waals surface area contributed by atoms with Gasteiger partial charge in [0.1, 0.15) is 0 Å². The lowest BCUT2D eigenvalue weighted by molar-refractivity contribution is -0.385. The second-order valence-electron chi connectivity index (χ2n) is 18.3. The maximum absolute atomic E-state index is 12.9. The van der Waals surface area contributed by atoms with E-state index >= 15 is 0 Å². The Labute approximate surface area is 480 Å². The summed E-state index contributed by atoms with van der Waals surface area (Å²) >= 11 is 0. The van der Waals surface area contributed by atoms with Gasteiger partial charge in [-0.2, -0.15) is 0 Å². The SMILES string of the molecule is COC(=O)c1ccc(N(C)C(=O)c2ccc(NC(=O)c3ccc(N(C)C(=O)c4ccc([N+](=O)[O-])cc4)cc3)cc2)cc1.COC(=O)c1ccc(N(C)C(=O)c2ccc(NC(=O)c3ccc(N(C)C(=O)c4ccc([N+](=O)[O-])cc4)cc3)cc2)cc1. The Morgan fingerprint density at radius 3 is 0.738 bits per heavy atom. The smallest absolute Gasteiger partial charge is 0.337 e. The minimum absolute atomic E-state index is 0.109. The normalized spacial score (nSPS) is 10.4. The summed E-state index contributed by atoms with van der Waals surface area (Å²) in [6.07, 6.45) is 0. The van der Waals surface area contributed by atoms with Crippen LogP contribution < -0.4 is 30.2 Å². The third-order valence-electron chi connectivity index (χ3n) is 13.0. The number of rotatable bonds is 16. The first-order valence-corrected chi connectivity index (χ1v) is 25.2. The zero-order valence-corrected chi connectivity index (χ0v) is 45.9. The van der Waals surface area contributed by atoms with Gasteiger partial charge in [0.25, 0.3) is 46.8 Å². The number of esters is 2. The van der Waals surface area contributed by atoms with Gasteiger partial charge in [0.15, 0.2) is 0 Å². The topological polar surface area (TPSA) is 278 Å². The van der Waals surface area contributed by atoms with Crippen LogP contribution in [-0.2, 0) is 9.47 Å². The van der Waals surface area contributed by atoms with E-state index in [4.69, 9.17) is 0 Å². The van der Waals surface area contributed by atoms with E-state index in [2.05, 4.69) is 20.1 Å². The predicted octanol–water partition coefficient (Wildman–Crippen LogP) is 10.4. The molecule has 0 fully saturated rings. The van der Waals surface area contributed by atoms with E-state index in [0.717, 1.165) is 0 Å². The number of nitrogens with one attached hydrogen (secondary N) is 2. The lowest BCUT2D eigenvalue weighted by Crippen LogP contribution is -2.26. The monoisotopic (exact) mass is 1130 g/mol. The van der Waals surface area contributed by atoms with Gasteiger partial charge >= 0.3 is 11.9 Å². The van der Waals surface area contributed by atoms with Gasteiger partial charge in [0.2, 0.25) is 0 Å². The Kier molecular flexibility index (Phi) is 19.3. The molecule has 0 saturated carbocycles. The average molecular weight is 1130 g/mol. The number of nitrogens with zero attached hydrogens (tertiary/aromatic N) is 6. The summed E-state index contributed by atoms with van der Waals surface area (Å²) in [7, 11) is 8.96. The first-order chi connectivity index (χ1) is 40.2. The molecule has 8 aromatic rings. The summed E-state index contributed by atoms with van der Waals surface area (Å²) in [4.78, 5) is 126. The Hall–Kier alpha value is -11.7. The fraction of sp³-hybridized carbons (Fsp3) is 0.0968. The Balaban J connectivity index is 0.000000241. The second-order valence-corrected chi connectivity index (χ2v) is 18.3. The summed E-state index contributed by atoms with van der Waals surface area (Å²) in [6.45, 7) is 0. The van der Waals surface area contributed by atoms with Crippen molar-refractivity contribution in [3.63, 3.8) is 0 Å². The first kappa shape index (κ1) is 60.0. The van der Waals surface area contributed by atoms with Crippen LogP contribution in [0.2, 0.25) is 0 Å². The van der Waals surface area contributed by atoms with Crippen LogP contribution in [-0.4, -0.2) is 99.6 Å². The third kappa shape index (κ3) is 14.6. The molecule has 0 bridgehead atoms. The second kappa shape index (κ2) is 27.0. The molecule has 0 atom stereocenters. The predicted molar refractivity (Wildman–Crippen MR) is 314 cm³/mol. The number of ether oxygens (including phenoxy) is 2. The molecule has 8 aromatic carbocycles. The van der Waals surface area contributed by atoms with Crippen molar-refractivity contribution in [3.8, 4) is 0 Å². The number of nitro groups is 2. The van der Waals surface area contributed by atoms with E-state index in [0.29, 0.717) is 67.5 Å². The molecular formula is C62H52N8O14. The molecule has 22 heteroatoms. The molecule has 8 rings (SSSR count). The van der Waals surface area contributed by atoms with Crippen molar-refractivity contribution in [1.82, 2.24) is 0 Å². The molecule has 0 radical (unpaired) electrons. The van der Waals surface area contributed by atoms with Crippen molar-refractivity contribution in [2.24, 2.45) is 0 Å². The highest BCUT2D eigenvalue weighted by Gasteiger charge is 2.21. The molecule has 6 amide bonds. The number of carbonyl (C=O) groups excluding carboxylic acids is 8. The summed E-state index contributed by atoms with van der Waals surface area (Å²) < 4.78 is 9.38. The highest BCUT2D eigenvalue weighted by atomic mass is 16.6. The fourth-order valence-corrected chi connectivity index (χ4v) is 8.04. The molecule has 2 N–H and O–H groups in total. The number of hydrogen-bond acceptors (Lipinski definition) is 14. The number of amides is 6. The number of anilines is 6. The highest BCUT2D eigenvalue weighted by molar-refractivity contribution is 6.10. The molecule has 0 heterocycles. The number of carbonyl (C=O) groups is 8. The number of benzene rings is 8. The fourth-order valence-electron chi connectivity index (χ4n) is 8.04. The molecule has 0 aliphatic rings. The van der Waals surface area contributed by atoms with Crippen molar-refractivity contribution in [2.75, 3.05) is 72.6 Å². The Morgan fingerprint density at radius 2 is 0.524 bits per heavy atom. The van der Waals surface area contributed by atoms with Crippen molar-refractivity contribution in [3.05, 3.63) is 259 Å². The summed E-state index contributed by atoms with van der Waals surface area (Å²) in [6, 6.07) is 49.1. The van der Waals surface area contributed by atoms with Crippen molar-refractivity contribution < 1.29 is 57.7 Å². The average Bonchev–Trinajstić information content (AvgIpc) is 3.66. The molecule has 424 valence electrons. The largest absolute Gasteiger partial charge is 0.465 e. The number of methoxy groups -OCH3 is 2. The third-order valence-corrected chi connectivity index (χ3v) is 13.0. The lowest BCUT2D eigenvalue weighted by atomic mass is 10.1. The van der Waals surface area contributed by atoms with Gasteiger partial charge in [-0.1, -0.05) is 0 Å². The van der Waals surface area contributed by atoms with Gasteiger partial charge in [0.05, 0.1) is 35.2 Å². The quantitative estimate of drug-likeness (QED) is 0.0517. The minimum Gasteiger partial charge on any atom is -0.465 e. The van der Waals surface area contributed by atoms with Gasteiger partial charge in [-0.25, -0.2) is 9.59 Å². The number of nitro benzene ring substituents is 2. The van der Waals surface area contributed by atoms with Gasteiger partial charge in [-0.3, -0.25) is 49.0 Å². The molecule has 0 aliphatic heterocycles. The van der Waals surface area contributed by atoms with Crippen LogP contribution >= 0.6 is 0 Å². The van der Waals surface area contributed by atoms with E-state index in [1.54, 1.807) is 174 Å². The Morgan fingerprint density at radius 1 is 0.321 bits per heavy atom. The van der Waals surface area contributed by atoms with Gasteiger partial charge in [-0.15, -0.1) is 0 Å². The van der Waals surface area contributed by atoms with Crippen LogP contribution in [0.3, 0.4) is 0 Å². The van der Waals surface area contributed by atoms with E-state index in [1.165, 1.54) is 82.4 Å². The van der Waals surface area contributed by atoms with Gasteiger partial charge < -0.3 is 39.7 Å². The van der Waals surface area contributed by atoms with Crippen LogP contribution in [0.1, 0.15) is 82.9 Å². The van der Waals surface area contributed by atoms with E-state index in [-0.39, 0.29) is 57.9 Å². The van der Waals surface area contributed by atoms with E-state index < -0.39 is 21.8 Å². The van der Waals surface area contributed by atoms with Crippen molar-refractivity contribution >= 4 is 92.9 Å². The summed E-state index contributed by atoms with van der Waals surface area (Å²) in [5.74, 6) is -2.97. The molecular weight excluding hydrogens is 1080 g/mol. The molecule has 22 nitrogen and oxygen atoms in total. The van der Waals surface area contributed by atoms with E-state index in [1.807, 2.05) is 0 Å². The molecule has 0 saturated heterocycles. The van der Waals surface area contributed by atoms with Gasteiger partial charge in [0, 0.05) is 120 Å². The molecule has 0 spiro atoms. The lowest BCUT2D eigenvalue weighted by Gasteiger charge is -2.18. The van der Waals surface area contributed by atoms with Crippen LogP contribution in [0.15, 0.2) is 194 Å². The maximum atomic E-state index is 12.9. The van der Waals surface area contributed by atoms with Gasteiger partial charge in [-0.05, 0) is 170 Å². The minimum atomic E-state index is -0.537. The maximum Gasteiger partial charge on any atom is 0.337 e.